The maximum absolute atomic E-state index is 12.3. The molecule has 1 amide bonds. The maximum Gasteiger partial charge on any atom is 0.287 e. The standard InChI is InChI=1S/C18H23NO3/c1-10-7-13-12(3)16(22-14(13)8-11(10)2)17(21)19-9-15(20)18(4,5)6/h7-8H,9H2,1-6H3,(H,19,21). The van der Waals surface area contributed by atoms with Gasteiger partial charge in [0.2, 0.25) is 0 Å². The summed E-state index contributed by atoms with van der Waals surface area (Å²) in [5, 5.41) is 3.59. The van der Waals surface area contributed by atoms with Gasteiger partial charge in [0.05, 0.1) is 6.54 Å². The van der Waals surface area contributed by atoms with Crippen molar-refractivity contribution in [1.29, 1.82) is 0 Å². The fraction of sp³-hybridized carbons (Fsp3) is 0.444. The normalized spacial score (nSPS) is 11.7. The predicted octanol–water partition coefficient (Wildman–Crippen LogP) is 3.70. The van der Waals surface area contributed by atoms with Crippen molar-refractivity contribution in [3.8, 4) is 0 Å². The molecule has 0 unspecified atom stereocenters. The van der Waals surface area contributed by atoms with Gasteiger partial charge in [0, 0.05) is 16.4 Å². The SMILES string of the molecule is Cc1cc2oc(C(=O)NCC(=O)C(C)(C)C)c(C)c2cc1C. The van der Waals surface area contributed by atoms with E-state index in [1.54, 1.807) is 0 Å². The number of fused-ring (bicyclic) bond motifs is 1. The molecule has 0 saturated carbocycles. The first-order chi connectivity index (χ1) is 10.1. The minimum atomic E-state index is -0.468. The molecule has 1 aromatic heterocycles. The minimum absolute atomic E-state index is 0.0108. The van der Waals surface area contributed by atoms with Crippen LogP contribution in [0.2, 0.25) is 0 Å². The fourth-order valence-electron chi connectivity index (χ4n) is 2.20. The summed E-state index contributed by atoms with van der Waals surface area (Å²) in [7, 11) is 0. The number of benzene rings is 1. The zero-order valence-electron chi connectivity index (χ0n) is 14.1. The average molecular weight is 301 g/mol. The molecule has 1 heterocycles. The van der Waals surface area contributed by atoms with Crippen molar-refractivity contribution in [2.75, 3.05) is 6.54 Å². The Morgan fingerprint density at radius 3 is 2.27 bits per heavy atom. The Morgan fingerprint density at radius 2 is 1.68 bits per heavy atom. The van der Waals surface area contributed by atoms with Crippen LogP contribution in [0.25, 0.3) is 11.0 Å². The third-order valence-electron chi connectivity index (χ3n) is 4.00. The number of rotatable bonds is 3. The van der Waals surface area contributed by atoms with E-state index in [0.717, 1.165) is 22.1 Å². The topological polar surface area (TPSA) is 59.3 Å². The van der Waals surface area contributed by atoms with Crippen molar-refractivity contribution in [2.45, 2.75) is 41.5 Å². The van der Waals surface area contributed by atoms with Gasteiger partial charge in [-0.05, 0) is 44.0 Å². The van der Waals surface area contributed by atoms with Gasteiger partial charge < -0.3 is 9.73 Å². The van der Waals surface area contributed by atoms with E-state index >= 15 is 0 Å². The van der Waals surface area contributed by atoms with E-state index < -0.39 is 5.41 Å². The number of carbonyl (C=O) groups is 2. The summed E-state index contributed by atoms with van der Waals surface area (Å²) in [5.41, 5.74) is 3.32. The van der Waals surface area contributed by atoms with E-state index in [0.29, 0.717) is 5.58 Å². The third kappa shape index (κ3) is 3.06. The second kappa shape index (κ2) is 5.59. The van der Waals surface area contributed by atoms with Crippen LogP contribution in [0.5, 0.6) is 0 Å². The first-order valence-corrected chi connectivity index (χ1v) is 7.43. The van der Waals surface area contributed by atoms with Crippen LogP contribution in [-0.4, -0.2) is 18.2 Å². The quantitative estimate of drug-likeness (QED) is 0.940. The van der Waals surface area contributed by atoms with Gasteiger partial charge in [-0.3, -0.25) is 9.59 Å². The number of hydrogen-bond donors (Lipinski definition) is 1. The van der Waals surface area contributed by atoms with Gasteiger partial charge >= 0.3 is 0 Å². The smallest absolute Gasteiger partial charge is 0.287 e. The van der Waals surface area contributed by atoms with Gasteiger partial charge in [-0.25, -0.2) is 0 Å². The number of nitrogens with one attached hydrogen (secondary N) is 1. The lowest BCUT2D eigenvalue weighted by Crippen LogP contribution is -2.35. The molecule has 0 bridgehead atoms. The summed E-state index contributed by atoms with van der Waals surface area (Å²) in [5.74, 6) is -0.0791. The molecule has 0 radical (unpaired) electrons. The van der Waals surface area contributed by atoms with Gasteiger partial charge in [-0.1, -0.05) is 20.8 Å². The second-order valence-electron chi connectivity index (χ2n) is 6.84. The van der Waals surface area contributed by atoms with Crippen LogP contribution >= 0.6 is 0 Å². The predicted molar refractivity (Wildman–Crippen MR) is 87.2 cm³/mol. The van der Waals surface area contributed by atoms with E-state index in [1.165, 1.54) is 0 Å². The fourth-order valence-corrected chi connectivity index (χ4v) is 2.20. The third-order valence-corrected chi connectivity index (χ3v) is 4.00. The zero-order chi connectivity index (χ0) is 16.7. The molecule has 2 rings (SSSR count). The highest BCUT2D eigenvalue weighted by molar-refractivity contribution is 6.01. The van der Waals surface area contributed by atoms with Crippen molar-refractivity contribution in [3.05, 3.63) is 34.6 Å². The molecule has 0 aliphatic carbocycles. The molecule has 4 heteroatoms. The first kappa shape index (κ1) is 16.3. The van der Waals surface area contributed by atoms with E-state index in [-0.39, 0.29) is 24.0 Å². The van der Waals surface area contributed by atoms with Crippen LogP contribution in [0.3, 0.4) is 0 Å². The highest BCUT2D eigenvalue weighted by Gasteiger charge is 2.23. The van der Waals surface area contributed by atoms with Crippen LogP contribution in [0.1, 0.15) is 48.0 Å². The lowest BCUT2D eigenvalue weighted by atomic mass is 9.91. The van der Waals surface area contributed by atoms with Gasteiger partial charge in [0.15, 0.2) is 11.5 Å². The number of Topliss-reactive ketones (excluding diaryl/α,β-unsaturated/α-hetero) is 1. The van der Waals surface area contributed by atoms with Crippen molar-refractivity contribution >= 4 is 22.7 Å². The van der Waals surface area contributed by atoms with Gasteiger partial charge in [-0.15, -0.1) is 0 Å². The Bertz CT molecular complexity index is 748. The van der Waals surface area contributed by atoms with E-state index in [1.807, 2.05) is 53.7 Å². The summed E-state index contributed by atoms with van der Waals surface area (Å²) in [4.78, 5) is 24.2. The number of aryl methyl sites for hydroxylation is 3. The van der Waals surface area contributed by atoms with Gasteiger partial charge in [0.25, 0.3) is 5.91 Å². The summed E-state index contributed by atoms with van der Waals surface area (Å²) in [6.45, 7) is 11.4. The van der Waals surface area contributed by atoms with E-state index in [9.17, 15) is 9.59 Å². The van der Waals surface area contributed by atoms with Crippen molar-refractivity contribution in [2.24, 2.45) is 5.41 Å². The molecule has 0 aliphatic rings. The monoisotopic (exact) mass is 301 g/mol. The lowest BCUT2D eigenvalue weighted by molar-refractivity contribution is -0.125. The molecule has 1 N–H and O–H groups in total. The Labute approximate surface area is 130 Å². The number of carbonyl (C=O) groups excluding carboxylic acids is 2. The molecule has 118 valence electrons. The van der Waals surface area contributed by atoms with Crippen LogP contribution in [0, 0.1) is 26.2 Å². The van der Waals surface area contributed by atoms with E-state index in [2.05, 4.69) is 5.32 Å². The molecule has 0 fully saturated rings. The molecule has 4 nitrogen and oxygen atoms in total. The average Bonchev–Trinajstić information content (AvgIpc) is 2.72. The molecule has 0 aliphatic heterocycles. The lowest BCUT2D eigenvalue weighted by Gasteiger charge is -2.16. The Kier molecular flexibility index (Phi) is 4.14. The van der Waals surface area contributed by atoms with Crippen molar-refractivity contribution < 1.29 is 14.0 Å². The van der Waals surface area contributed by atoms with E-state index in [4.69, 9.17) is 4.42 Å². The van der Waals surface area contributed by atoms with Crippen molar-refractivity contribution in [3.63, 3.8) is 0 Å². The highest BCUT2D eigenvalue weighted by Crippen LogP contribution is 2.28. The molecule has 22 heavy (non-hydrogen) atoms. The highest BCUT2D eigenvalue weighted by atomic mass is 16.3. The number of ketones is 1. The Balaban J connectivity index is 2.26. The molecule has 1 aromatic carbocycles. The Morgan fingerprint density at radius 1 is 1.09 bits per heavy atom. The molecule has 2 aromatic rings. The summed E-state index contributed by atoms with van der Waals surface area (Å²) >= 11 is 0. The molecule has 0 saturated heterocycles. The van der Waals surface area contributed by atoms with Crippen LogP contribution < -0.4 is 5.32 Å². The molecular weight excluding hydrogens is 278 g/mol. The van der Waals surface area contributed by atoms with Crippen LogP contribution in [0.15, 0.2) is 16.5 Å². The van der Waals surface area contributed by atoms with Crippen molar-refractivity contribution in [1.82, 2.24) is 5.32 Å². The number of hydrogen-bond acceptors (Lipinski definition) is 3. The maximum atomic E-state index is 12.3. The van der Waals surface area contributed by atoms with Crippen LogP contribution in [0.4, 0.5) is 0 Å². The number of furan rings is 1. The molecule has 0 spiro atoms. The summed E-state index contributed by atoms with van der Waals surface area (Å²) < 4.78 is 5.69. The first-order valence-electron chi connectivity index (χ1n) is 7.43. The molecular formula is C18H23NO3. The van der Waals surface area contributed by atoms with Gasteiger partial charge in [-0.2, -0.15) is 0 Å². The largest absolute Gasteiger partial charge is 0.451 e. The zero-order valence-corrected chi connectivity index (χ0v) is 14.1. The summed E-state index contributed by atoms with van der Waals surface area (Å²) in [6, 6.07) is 3.97. The number of amides is 1. The minimum Gasteiger partial charge on any atom is -0.451 e. The summed E-state index contributed by atoms with van der Waals surface area (Å²) in [6.07, 6.45) is 0. The Hall–Kier alpha value is -2.10. The van der Waals surface area contributed by atoms with Crippen LogP contribution in [-0.2, 0) is 4.79 Å². The molecule has 0 atom stereocenters. The second-order valence-corrected chi connectivity index (χ2v) is 6.84. The van der Waals surface area contributed by atoms with Gasteiger partial charge in [0.1, 0.15) is 5.58 Å².